The maximum atomic E-state index is 13.0. The highest BCUT2D eigenvalue weighted by Crippen LogP contribution is 2.24. The van der Waals surface area contributed by atoms with Crippen molar-refractivity contribution in [3.63, 3.8) is 0 Å². The summed E-state index contributed by atoms with van der Waals surface area (Å²) in [7, 11) is 0. The fourth-order valence-corrected chi connectivity index (χ4v) is 1.25. The van der Waals surface area contributed by atoms with E-state index in [0.717, 1.165) is 0 Å². The van der Waals surface area contributed by atoms with Gasteiger partial charge in [-0.1, -0.05) is 0 Å². The Bertz CT molecular complexity index is 344. The first-order valence-electron chi connectivity index (χ1n) is 5.01. The number of aliphatic hydroxyl groups is 2. The lowest BCUT2D eigenvalue weighted by Crippen LogP contribution is -2.22. The largest absolute Gasteiger partial charge is 0.490 e. The third-order valence-electron chi connectivity index (χ3n) is 2.10. The van der Waals surface area contributed by atoms with Crippen molar-refractivity contribution in [3.8, 4) is 5.75 Å². The highest BCUT2D eigenvalue weighted by atomic mass is 19.1. The van der Waals surface area contributed by atoms with E-state index < -0.39 is 6.10 Å². The number of ether oxygens (including phenoxy) is 1. The van der Waals surface area contributed by atoms with Crippen molar-refractivity contribution in [2.24, 2.45) is 5.73 Å². The third kappa shape index (κ3) is 3.44. The first-order valence-corrected chi connectivity index (χ1v) is 5.01. The molecule has 4 N–H and O–H groups in total. The Hall–Kier alpha value is -1.17. The normalized spacial score (nSPS) is 14.6. The number of nitrogens with two attached hydrogens (primary N) is 1. The maximum Gasteiger partial charge on any atom is 0.124 e. The molecule has 1 aromatic carbocycles. The molecule has 5 heteroatoms. The summed E-state index contributed by atoms with van der Waals surface area (Å²) in [6.07, 6.45) is -0.953. The lowest BCUT2D eigenvalue weighted by atomic mass is 10.1. The van der Waals surface area contributed by atoms with Crippen LogP contribution in [-0.4, -0.2) is 29.5 Å². The quantitative estimate of drug-likeness (QED) is 0.690. The standard InChI is InChI=1S/C11H16FNO3/c1-7(13)10-4-8(12)2-3-11(10)16-6-9(15)5-14/h2-4,7,9,14-15H,5-6,13H2,1H3/t7-,9?/m0/s1. The van der Waals surface area contributed by atoms with Crippen LogP contribution in [0.4, 0.5) is 4.39 Å². The molecule has 0 saturated carbocycles. The summed E-state index contributed by atoms with van der Waals surface area (Å²) in [4.78, 5) is 0. The Morgan fingerprint density at radius 1 is 1.50 bits per heavy atom. The van der Waals surface area contributed by atoms with E-state index in [1.807, 2.05) is 0 Å². The zero-order valence-corrected chi connectivity index (χ0v) is 9.06. The molecule has 0 saturated heterocycles. The number of benzene rings is 1. The second-order valence-electron chi connectivity index (χ2n) is 3.62. The SMILES string of the molecule is C[C@H](N)c1cc(F)ccc1OCC(O)CO. The van der Waals surface area contributed by atoms with Crippen LogP contribution < -0.4 is 10.5 Å². The first kappa shape index (κ1) is 12.9. The topological polar surface area (TPSA) is 75.7 Å². The minimum absolute atomic E-state index is 0.0537. The second kappa shape index (κ2) is 5.79. The number of hydrogen-bond donors (Lipinski definition) is 3. The molecule has 90 valence electrons. The van der Waals surface area contributed by atoms with Crippen LogP contribution in [0, 0.1) is 5.82 Å². The molecule has 0 amide bonds. The molecule has 0 bridgehead atoms. The van der Waals surface area contributed by atoms with Crippen molar-refractivity contribution in [1.82, 2.24) is 0 Å². The van der Waals surface area contributed by atoms with E-state index >= 15 is 0 Å². The van der Waals surface area contributed by atoms with Crippen LogP contribution in [0.15, 0.2) is 18.2 Å². The van der Waals surface area contributed by atoms with Gasteiger partial charge in [0.15, 0.2) is 0 Å². The molecule has 0 spiro atoms. The maximum absolute atomic E-state index is 13.0. The van der Waals surface area contributed by atoms with Crippen molar-refractivity contribution in [3.05, 3.63) is 29.6 Å². The molecule has 0 aliphatic carbocycles. The molecule has 4 nitrogen and oxygen atoms in total. The third-order valence-corrected chi connectivity index (χ3v) is 2.10. The fraction of sp³-hybridized carbons (Fsp3) is 0.455. The van der Waals surface area contributed by atoms with Crippen molar-refractivity contribution < 1.29 is 19.3 Å². The van der Waals surface area contributed by atoms with Gasteiger partial charge in [-0.2, -0.15) is 0 Å². The van der Waals surface area contributed by atoms with Gasteiger partial charge >= 0.3 is 0 Å². The number of hydrogen-bond acceptors (Lipinski definition) is 4. The van der Waals surface area contributed by atoms with E-state index in [1.54, 1.807) is 6.92 Å². The average Bonchev–Trinajstić information content (AvgIpc) is 2.26. The summed E-state index contributed by atoms with van der Waals surface area (Å²) in [5, 5.41) is 17.7. The highest BCUT2D eigenvalue weighted by Gasteiger charge is 2.11. The van der Waals surface area contributed by atoms with E-state index in [9.17, 15) is 4.39 Å². The summed E-state index contributed by atoms with van der Waals surface area (Å²) in [6.45, 7) is 1.28. The van der Waals surface area contributed by atoms with Crippen molar-refractivity contribution >= 4 is 0 Å². The van der Waals surface area contributed by atoms with Gasteiger partial charge in [-0.05, 0) is 25.1 Å². The van der Waals surface area contributed by atoms with Crippen LogP contribution >= 0.6 is 0 Å². The molecular weight excluding hydrogens is 213 g/mol. The minimum Gasteiger partial charge on any atom is -0.490 e. The van der Waals surface area contributed by atoms with E-state index in [1.165, 1.54) is 18.2 Å². The zero-order valence-electron chi connectivity index (χ0n) is 9.06. The smallest absolute Gasteiger partial charge is 0.124 e. The molecule has 1 rings (SSSR count). The lowest BCUT2D eigenvalue weighted by molar-refractivity contribution is 0.0532. The predicted molar refractivity (Wildman–Crippen MR) is 57.6 cm³/mol. The van der Waals surface area contributed by atoms with Gasteiger partial charge < -0.3 is 20.7 Å². The Morgan fingerprint density at radius 3 is 2.75 bits per heavy atom. The second-order valence-corrected chi connectivity index (χ2v) is 3.62. The van der Waals surface area contributed by atoms with Gasteiger partial charge in [0.1, 0.15) is 24.3 Å². The molecule has 0 aliphatic heterocycles. The number of halogens is 1. The molecule has 0 aromatic heterocycles. The van der Waals surface area contributed by atoms with Gasteiger partial charge in [0.25, 0.3) is 0 Å². The zero-order chi connectivity index (χ0) is 12.1. The van der Waals surface area contributed by atoms with Crippen molar-refractivity contribution in [2.45, 2.75) is 19.1 Å². The van der Waals surface area contributed by atoms with Crippen LogP contribution in [0.3, 0.4) is 0 Å². The molecule has 0 radical (unpaired) electrons. The van der Waals surface area contributed by atoms with Crippen LogP contribution in [0.2, 0.25) is 0 Å². The number of rotatable bonds is 5. The van der Waals surface area contributed by atoms with E-state index in [4.69, 9.17) is 20.7 Å². The van der Waals surface area contributed by atoms with Crippen molar-refractivity contribution in [2.75, 3.05) is 13.2 Å². The average molecular weight is 229 g/mol. The van der Waals surface area contributed by atoms with Crippen molar-refractivity contribution in [1.29, 1.82) is 0 Å². The summed E-state index contributed by atoms with van der Waals surface area (Å²) < 4.78 is 18.2. The first-order chi connectivity index (χ1) is 7.54. The molecular formula is C11H16FNO3. The summed E-state index contributed by atoms with van der Waals surface area (Å²) in [6, 6.07) is 3.65. The molecule has 16 heavy (non-hydrogen) atoms. The summed E-state index contributed by atoms with van der Waals surface area (Å²) >= 11 is 0. The Kier molecular flexibility index (Phi) is 4.67. The van der Waals surface area contributed by atoms with Crippen LogP contribution in [0.1, 0.15) is 18.5 Å². The Morgan fingerprint density at radius 2 is 2.19 bits per heavy atom. The van der Waals surface area contributed by atoms with Gasteiger partial charge in [-0.15, -0.1) is 0 Å². The summed E-state index contributed by atoms with van der Waals surface area (Å²) in [5.41, 5.74) is 6.20. The van der Waals surface area contributed by atoms with E-state index in [-0.39, 0.29) is 25.1 Å². The minimum atomic E-state index is -0.953. The number of aliphatic hydroxyl groups excluding tert-OH is 2. The van der Waals surface area contributed by atoms with E-state index in [2.05, 4.69) is 0 Å². The van der Waals surface area contributed by atoms with Gasteiger partial charge in [-0.3, -0.25) is 0 Å². The molecule has 1 aromatic rings. The van der Waals surface area contributed by atoms with Crippen LogP contribution in [0.5, 0.6) is 5.75 Å². The molecule has 0 aliphatic rings. The lowest BCUT2D eigenvalue weighted by Gasteiger charge is -2.15. The summed E-state index contributed by atoms with van der Waals surface area (Å²) in [5.74, 6) is 0.0336. The molecule has 1 unspecified atom stereocenters. The van der Waals surface area contributed by atoms with Gasteiger partial charge in [0, 0.05) is 11.6 Å². The Labute approximate surface area is 93.5 Å². The van der Waals surface area contributed by atoms with Crippen LogP contribution in [-0.2, 0) is 0 Å². The van der Waals surface area contributed by atoms with Gasteiger partial charge in [0.2, 0.25) is 0 Å². The molecule has 0 heterocycles. The predicted octanol–water partition coefficient (Wildman–Crippen LogP) is 0.577. The fourth-order valence-electron chi connectivity index (χ4n) is 1.25. The molecule has 2 atom stereocenters. The van der Waals surface area contributed by atoms with Gasteiger partial charge in [0.05, 0.1) is 6.61 Å². The molecule has 0 fully saturated rings. The highest BCUT2D eigenvalue weighted by molar-refractivity contribution is 5.36. The Balaban J connectivity index is 2.78. The van der Waals surface area contributed by atoms with E-state index in [0.29, 0.717) is 11.3 Å². The monoisotopic (exact) mass is 229 g/mol. The van der Waals surface area contributed by atoms with Crippen LogP contribution in [0.25, 0.3) is 0 Å². The van der Waals surface area contributed by atoms with Gasteiger partial charge in [-0.25, -0.2) is 4.39 Å².